The van der Waals surface area contributed by atoms with Gasteiger partial charge < -0.3 is 4.90 Å². The molecule has 1 unspecified atom stereocenters. The van der Waals surface area contributed by atoms with E-state index in [-0.39, 0.29) is 29.2 Å². The Bertz CT molecular complexity index is 709. The molecule has 8 heteroatoms. The van der Waals surface area contributed by atoms with Gasteiger partial charge >= 0.3 is 0 Å². The number of hydrogen-bond donors (Lipinski definition) is 0. The van der Waals surface area contributed by atoms with Crippen molar-refractivity contribution in [2.24, 2.45) is 0 Å². The lowest BCUT2D eigenvalue weighted by Crippen LogP contribution is -2.49. The largest absolute Gasteiger partial charge is 0.338 e. The molecule has 0 aliphatic carbocycles. The molecule has 0 saturated carbocycles. The number of sulfonamides is 1. The number of rotatable bonds is 5. The highest BCUT2D eigenvalue weighted by molar-refractivity contribution is 7.92. The first-order valence-electron chi connectivity index (χ1n) is 7.96. The van der Waals surface area contributed by atoms with E-state index in [2.05, 4.69) is 0 Å². The molecule has 0 spiro atoms. The Morgan fingerprint density at radius 3 is 2.67 bits per heavy atom. The summed E-state index contributed by atoms with van der Waals surface area (Å²) in [5, 5.41) is 0.600. The summed E-state index contributed by atoms with van der Waals surface area (Å²) in [6.07, 6.45) is 4.92. The zero-order valence-corrected chi connectivity index (χ0v) is 16.2. The fourth-order valence-electron chi connectivity index (χ4n) is 3.03. The average molecular weight is 393 g/mol. The fraction of sp³-hybridized carbons (Fsp3) is 0.562. The molecule has 1 aliphatic heterocycles. The summed E-state index contributed by atoms with van der Waals surface area (Å²) in [5.41, 5.74) is 0.227. The summed E-state index contributed by atoms with van der Waals surface area (Å²) in [6.45, 7) is 2.44. The van der Waals surface area contributed by atoms with Gasteiger partial charge in [-0.3, -0.25) is 9.10 Å². The van der Waals surface area contributed by atoms with Crippen LogP contribution in [0, 0.1) is 0 Å². The SMILES string of the molecule is CCC1CCCCN1C(=O)CN(c1cc(Cl)ccc1Cl)S(C)(=O)=O. The van der Waals surface area contributed by atoms with Gasteiger partial charge in [0.2, 0.25) is 15.9 Å². The van der Waals surface area contributed by atoms with E-state index in [9.17, 15) is 13.2 Å². The first-order chi connectivity index (χ1) is 11.2. The van der Waals surface area contributed by atoms with Crippen LogP contribution in [0.1, 0.15) is 32.6 Å². The monoisotopic (exact) mass is 392 g/mol. The molecule has 0 aromatic heterocycles. The fourth-order valence-corrected chi connectivity index (χ4v) is 4.31. The van der Waals surface area contributed by atoms with E-state index >= 15 is 0 Å². The number of carbonyl (C=O) groups is 1. The van der Waals surface area contributed by atoms with Crippen LogP contribution in [0.4, 0.5) is 5.69 Å². The minimum absolute atomic E-state index is 0.169. The van der Waals surface area contributed by atoms with Crippen molar-refractivity contribution in [3.05, 3.63) is 28.2 Å². The van der Waals surface area contributed by atoms with Crippen molar-refractivity contribution in [2.75, 3.05) is 23.7 Å². The molecule has 2 rings (SSSR count). The average Bonchev–Trinajstić information content (AvgIpc) is 2.53. The molecule has 1 aromatic carbocycles. The smallest absolute Gasteiger partial charge is 0.243 e. The van der Waals surface area contributed by atoms with Crippen molar-refractivity contribution in [2.45, 2.75) is 38.6 Å². The van der Waals surface area contributed by atoms with Gasteiger partial charge in [-0.25, -0.2) is 8.42 Å². The first-order valence-corrected chi connectivity index (χ1v) is 10.6. The number of carbonyl (C=O) groups excluding carboxylic acids is 1. The topological polar surface area (TPSA) is 57.7 Å². The normalized spacial score (nSPS) is 18.5. The number of piperidine rings is 1. The van der Waals surface area contributed by atoms with E-state index in [1.54, 1.807) is 11.0 Å². The molecule has 0 bridgehead atoms. The third-order valence-electron chi connectivity index (χ3n) is 4.27. The van der Waals surface area contributed by atoms with Gasteiger partial charge in [-0.2, -0.15) is 0 Å². The van der Waals surface area contributed by atoms with Crippen molar-refractivity contribution < 1.29 is 13.2 Å². The second-order valence-corrected chi connectivity index (χ2v) is 8.76. The molecule has 1 saturated heterocycles. The Balaban J connectivity index is 2.30. The molecular weight excluding hydrogens is 371 g/mol. The quantitative estimate of drug-likeness (QED) is 0.769. The molecule has 1 atom stereocenters. The Hall–Kier alpha value is -0.980. The van der Waals surface area contributed by atoms with Gasteiger partial charge in [-0.05, 0) is 43.9 Å². The van der Waals surface area contributed by atoms with Gasteiger partial charge in [0.15, 0.2) is 0 Å². The molecule has 5 nitrogen and oxygen atoms in total. The molecule has 1 fully saturated rings. The van der Waals surface area contributed by atoms with E-state index in [1.165, 1.54) is 12.1 Å². The molecule has 0 radical (unpaired) electrons. The van der Waals surface area contributed by atoms with E-state index in [4.69, 9.17) is 23.2 Å². The summed E-state index contributed by atoms with van der Waals surface area (Å²) >= 11 is 12.1. The molecule has 0 N–H and O–H groups in total. The third kappa shape index (κ3) is 4.55. The third-order valence-corrected chi connectivity index (χ3v) is 5.96. The van der Waals surface area contributed by atoms with E-state index in [0.717, 1.165) is 36.2 Å². The Morgan fingerprint density at radius 2 is 2.04 bits per heavy atom. The molecule has 24 heavy (non-hydrogen) atoms. The maximum atomic E-state index is 12.7. The van der Waals surface area contributed by atoms with Crippen molar-refractivity contribution >= 4 is 44.8 Å². The molecular formula is C16H22Cl2N2O3S. The standard InChI is InChI=1S/C16H22Cl2N2O3S/c1-3-13-6-4-5-9-19(13)16(21)11-20(24(2,22)23)15-10-12(17)7-8-14(15)18/h7-8,10,13H,3-6,9,11H2,1-2H3. The van der Waals surface area contributed by atoms with Gasteiger partial charge in [0.05, 0.1) is 17.0 Å². The maximum absolute atomic E-state index is 12.7. The number of amides is 1. The maximum Gasteiger partial charge on any atom is 0.243 e. The van der Waals surface area contributed by atoms with Crippen LogP contribution in [-0.2, 0) is 14.8 Å². The van der Waals surface area contributed by atoms with Crippen molar-refractivity contribution in [1.29, 1.82) is 0 Å². The van der Waals surface area contributed by atoms with Gasteiger partial charge in [0.1, 0.15) is 6.54 Å². The van der Waals surface area contributed by atoms with Crippen LogP contribution in [-0.4, -0.2) is 44.6 Å². The van der Waals surface area contributed by atoms with Gasteiger partial charge in [0.25, 0.3) is 0 Å². The highest BCUT2D eigenvalue weighted by atomic mass is 35.5. The van der Waals surface area contributed by atoms with Crippen molar-refractivity contribution in [1.82, 2.24) is 4.90 Å². The first kappa shape index (κ1) is 19.3. The summed E-state index contributed by atoms with van der Waals surface area (Å²) in [7, 11) is -3.67. The Labute approximate surface area is 153 Å². The lowest BCUT2D eigenvalue weighted by atomic mass is 10.00. The number of nitrogens with zero attached hydrogens (tertiary/aromatic N) is 2. The molecule has 1 amide bonds. The van der Waals surface area contributed by atoms with Gasteiger partial charge in [-0.1, -0.05) is 30.1 Å². The van der Waals surface area contributed by atoms with E-state index in [0.29, 0.717) is 11.6 Å². The number of likely N-dealkylation sites (tertiary alicyclic amines) is 1. The van der Waals surface area contributed by atoms with Crippen LogP contribution in [0.2, 0.25) is 10.0 Å². The predicted octanol–water partition coefficient (Wildman–Crippen LogP) is 3.55. The molecule has 1 aromatic rings. The lowest BCUT2D eigenvalue weighted by molar-refractivity contribution is -0.133. The summed E-state index contributed by atoms with van der Waals surface area (Å²) < 4.78 is 25.5. The number of anilines is 1. The Morgan fingerprint density at radius 1 is 1.33 bits per heavy atom. The Kier molecular flexibility index (Phi) is 6.39. The molecule has 134 valence electrons. The van der Waals surface area contributed by atoms with Crippen LogP contribution in [0.5, 0.6) is 0 Å². The highest BCUT2D eigenvalue weighted by Gasteiger charge is 2.30. The van der Waals surface area contributed by atoms with Crippen LogP contribution >= 0.6 is 23.2 Å². The summed E-state index contributed by atoms with van der Waals surface area (Å²) in [6, 6.07) is 4.74. The molecule has 1 aliphatic rings. The van der Waals surface area contributed by atoms with E-state index in [1.807, 2.05) is 6.92 Å². The zero-order chi connectivity index (χ0) is 17.9. The van der Waals surface area contributed by atoms with Gasteiger partial charge in [0, 0.05) is 17.6 Å². The van der Waals surface area contributed by atoms with Crippen LogP contribution in [0.3, 0.4) is 0 Å². The number of halogens is 2. The number of benzene rings is 1. The predicted molar refractivity (Wildman–Crippen MR) is 98.3 cm³/mol. The van der Waals surface area contributed by atoms with Crippen molar-refractivity contribution in [3.8, 4) is 0 Å². The molecule has 1 heterocycles. The number of hydrogen-bond acceptors (Lipinski definition) is 3. The second kappa shape index (κ2) is 7.93. The lowest BCUT2D eigenvalue weighted by Gasteiger charge is -2.36. The van der Waals surface area contributed by atoms with E-state index < -0.39 is 10.0 Å². The van der Waals surface area contributed by atoms with Crippen LogP contribution in [0.25, 0.3) is 0 Å². The minimum atomic E-state index is -3.67. The van der Waals surface area contributed by atoms with Gasteiger partial charge in [-0.15, -0.1) is 0 Å². The summed E-state index contributed by atoms with van der Waals surface area (Å²) in [5.74, 6) is -0.206. The zero-order valence-electron chi connectivity index (χ0n) is 13.8. The second-order valence-electron chi connectivity index (χ2n) is 6.01. The highest BCUT2D eigenvalue weighted by Crippen LogP contribution is 2.31. The van der Waals surface area contributed by atoms with Crippen LogP contribution < -0.4 is 4.31 Å². The van der Waals surface area contributed by atoms with Crippen LogP contribution in [0.15, 0.2) is 18.2 Å². The summed E-state index contributed by atoms with van der Waals surface area (Å²) in [4.78, 5) is 14.5. The van der Waals surface area contributed by atoms with Crippen molar-refractivity contribution in [3.63, 3.8) is 0 Å². The minimum Gasteiger partial charge on any atom is -0.338 e.